The van der Waals surface area contributed by atoms with Gasteiger partial charge in [-0.2, -0.15) is 0 Å². The van der Waals surface area contributed by atoms with Crippen LogP contribution in [0.1, 0.15) is 29.5 Å². The summed E-state index contributed by atoms with van der Waals surface area (Å²) in [5, 5.41) is 0. The highest BCUT2D eigenvalue weighted by Gasteiger charge is 2.57. The molecule has 4 aliphatic rings. The van der Waals surface area contributed by atoms with E-state index in [1.807, 2.05) is 29.2 Å². The summed E-state index contributed by atoms with van der Waals surface area (Å²) >= 11 is 0. The highest BCUT2D eigenvalue weighted by atomic mass is 16.5. The van der Waals surface area contributed by atoms with Crippen LogP contribution in [-0.4, -0.2) is 56.7 Å². The van der Waals surface area contributed by atoms with Crippen LogP contribution >= 0.6 is 0 Å². The van der Waals surface area contributed by atoms with Gasteiger partial charge in [-0.3, -0.25) is 4.79 Å². The number of fused-ring (bicyclic) bond motifs is 5. The van der Waals surface area contributed by atoms with E-state index in [0.29, 0.717) is 27.2 Å². The lowest BCUT2D eigenvalue weighted by Gasteiger charge is -2.29. The largest absolute Gasteiger partial charge is 0.493 e. The van der Waals surface area contributed by atoms with Gasteiger partial charge in [0.1, 0.15) is 23.5 Å². The molecule has 0 saturated carbocycles. The fraction of sp³-hybridized carbons (Fsp3) is 0.391. The van der Waals surface area contributed by atoms with Crippen molar-refractivity contribution in [1.82, 2.24) is 4.81 Å². The molecule has 6 rings (SSSR count). The lowest BCUT2D eigenvalue weighted by atomic mass is 9.76. The average Bonchev–Trinajstić information content (AvgIpc) is 3.52. The van der Waals surface area contributed by atoms with Crippen molar-refractivity contribution in [3.8, 4) is 11.5 Å². The summed E-state index contributed by atoms with van der Waals surface area (Å²) in [6.45, 7) is 2.52. The van der Waals surface area contributed by atoms with Crippen LogP contribution in [0.15, 0.2) is 36.4 Å². The molecule has 0 aliphatic carbocycles. The zero-order chi connectivity index (χ0) is 20.3. The molecule has 2 atom stereocenters. The Morgan fingerprint density at radius 2 is 2.07 bits per heavy atom. The Bertz CT molecular complexity index is 1060. The minimum absolute atomic E-state index is 0.0827. The predicted octanol–water partition coefficient (Wildman–Crippen LogP) is 1.65. The van der Waals surface area contributed by atoms with Gasteiger partial charge in [0.25, 0.3) is 7.41 Å². The molecule has 1 fully saturated rings. The van der Waals surface area contributed by atoms with Crippen LogP contribution in [-0.2, 0) is 21.4 Å². The van der Waals surface area contributed by atoms with E-state index in [1.54, 1.807) is 0 Å². The first-order chi connectivity index (χ1) is 14.7. The molecule has 30 heavy (non-hydrogen) atoms. The molecule has 152 valence electrons. The number of benzene rings is 2. The minimum Gasteiger partial charge on any atom is -0.493 e. The van der Waals surface area contributed by atoms with Crippen LogP contribution in [0.2, 0.25) is 0 Å². The molecule has 4 aliphatic heterocycles. The predicted molar refractivity (Wildman–Crippen MR) is 114 cm³/mol. The zero-order valence-electron chi connectivity index (χ0n) is 16.8. The molecular weight excluding hydrogens is 379 g/mol. The lowest BCUT2D eigenvalue weighted by molar-refractivity contribution is -0.122. The number of hydrogen-bond donors (Lipinski definition) is 0. The number of carbonyl (C=O) groups is 2. The number of rotatable bonds is 4. The zero-order valence-corrected chi connectivity index (χ0v) is 16.8. The number of ether oxygens (including phenoxy) is 2. The van der Waals surface area contributed by atoms with E-state index in [0.717, 1.165) is 65.9 Å². The summed E-state index contributed by atoms with van der Waals surface area (Å²) in [5.74, 6) is 1.71. The molecule has 2 aromatic carbocycles. The molecule has 0 radical (unpaired) electrons. The summed E-state index contributed by atoms with van der Waals surface area (Å²) in [4.78, 5) is 29.2. The molecular formula is C23H23BN2O4. The Kier molecular flexibility index (Phi) is 3.97. The third-order valence-corrected chi connectivity index (χ3v) is 7.16. The van der Waals surface area contributed by atoms with E-state index in [9.17, 15) is 9.59 Å². The van der Waals surface area contributed by atoms with Crippen molar-refractivity contribution < 1.29 is 19.1 Å². The van der Waals surface area contributed by atoms with Gasteiger partial charge in [-0.05, 0) is 42.6 Å². The van der Waals surface area contributed by atoms with Crippen molar-refractivity contribution in [1.29, 1.82) is 0 Å². The van der Waals surface area contributed by atoms with E-state index >= 15 is 0 Å². The van der Waals surface area contributed by atoms with Crippen LogP contribution in [0.5, 0.6) is 11.5 Å². The summed E-state index contributed by atoms with van der Waals surface area (Å²) in [7, 11) is 0.428. The van der Waals surface area contributed by atoms with Crippen LogP contribution in [0.25, 0.3) is 0 Å². The van der Waals surface area contributed by atoms with Gasteiger partial charge in [0.15, 0.2) is 0 Å². The van der Waals surface area contributed by atoms with Crippen LogP contribution in [0, 0.1) is 0 Å². The second-order valence-corrected chi connectivity index (χ2v) is 8.64. The van der Waals surface area contributed by atoms with Gasteiger partial charge < -0.3 is 24.0 Å². The number of hydrogen-bond acceptors (Lipinski definition) is 5. The van der Waals surface area contributed by atoms with Gasteiger partial charge in [0, 0.05) is 36.3 Å². The van der Waals surface area contributed by atoms with E-state index in [-0.39, 0.29) is 11.9 Å². The molecule has 7 heteroatoms. The Labute approximate surface area is 176 Å². The van der Waals surface area contributed by atoms with Gasteiger partial charge in [-0.15, -0.1) is 0 Å². The minimum atomic E-state index is -0.794. The summed E-state index contributed by atoms with van der Waals surface area (Å²) < 4.78 is 11.8. The first-order valence-electron chi connectivity index (χ1n) is 10.7. The van der Waals surface area contributed by atoms with E-state index in [4.69, 9.17) is 9.47 Å². The number of carbonyl (C=O) groups excluding carboxylic acids is 2. The highest BCUT2D eigenvalue weighted by Crippen LogP contribution is 2.54. The number of nitrogens with zero attached hydrogens (tertiary/aromatic N) is 2. The first-order valence-corrected chi connectivity index (χ1v) is 10.7. The quantitative estimate of drug-likeness (QED) is 0.575. The third-order valence-electron chi connectivity index (χ3n) is 7.16. The number of para-hydroxylation sites is 1. The van der Waals surface area contributed by atoms with Gasteiger partial charge in [0.2, 0.25) is 5.91 Å². The van der Waals surface area contributed by atoms with Gasteiger partial charge in [-0.1, -0.05) is 18.2 Å². The van der Waals surface area contributed by atoms with Crippen molar-refractivity contribution in [3.63, 3.8) is 0 Å². The molecule has 6 nitrogen and oxygen atoms in total. The number of amides is 1. The highest BCUT2D eigenvalue weighted by molar-refractivity contribution is 6.64. The van der Waals surface area contributed by atoms with Gasteiger partial charge >= 0.3 is 0 Å². The molecule has 2 aromatic rings. The molecule has 0 aromatic heterocycles. The van der Waals surface area contributed by atoms with Crippen molar-refractivity contribution in [2.45, 2.75) is 30.7 Å². The maximum absolute atomic E-state index is 14.0. The summed E-state index contributed by atoms with van der Waals surface area (Å²) in [6.07, 6.45) is 3.89. The molecule has 1 spiro atoms. The Balaban J connectivity index is 1.43. The lowest BCUT2D eigenvalue weighted by Crippen LogP contribution is -2.48. The van der Waals surface area contributed by atoms with Crippen LogP contribution in [0.4, 0.5) is 5.69 Å². The van der Waals surface area contributed by atoms with Gasteiger partial charge in [-0.25, -0.2) is 0 Å². The van der Waals surface area contributed by atoms with E-state index in [1.165, 1.54) is 0 Å². The fourth-order valence-corrected chi connectivity index (χ4v) is 5.68. The van der Waals surface area contributed by atoms with Crippen molar-refractivity contribution in [2.75, 3.05) is 31.2 Å². The average molecular weight is 402 g/mol. The summed E-state index contributed by atoms with van der Waals surface area (Å²) in [6, 6.07) is 12.4. The SMILES string of the molecule is O=CBN1CCC[C@H]1CN1C(=O)C2(COc3cc4c(cc32)CCO4)c2ccccc21. The second-order valence-electron chi connectivity index (χ2n) is 8.64. The molecule has 1 saturated heterocycles. The van der Waals surface area contributed by atoms with Crippen molar-refractivity contribution >= 4 is 25.2 Å². The molecule has 0 N–H and O–H groups in total. The normalized spacial score (nSPS) is 26.3. The van der Waals surface area contributed by atoms with Crippen molar-refractivity contribution in [3.05, 3.63) is 53.1 Å². The maximum Gasteiger partial charge on any atom is 0.281 e. The van der Waals surface area contributed by atoms with E-state index < -0.39 is 5.41 Å². The van der Waals surface area contributed by atoms with E-state index in [2.05, 4.69) is 16.9 Å². The Morgan fingerprint density at radius 1 is 1.17 bits per heavy atom. The Morgan fingerprint density at radius 3 is 2.97 bits per heavy atom. The fourth-order valence-electron chi connectivity index (χ4n) is 5.68. The first kappa shape index (κ1) is 18.0. The molecule has 4 heterocycles. The number of anilines is 1. The molecule has 0 bridgehead atoms. The van der Waals surface area contributed by atoms with Crippen molar-refractivity contribution in [2.24, 2.45) is 0 Å². The topological polar surface area (TPSA) is 59.1 Å². The maximum atomic E-state index is 14.0. The Hall–Kier alpha value is -2.80. The van der Waals surface area contributed by atoms with Crippen LogP contribution < -0.4 is 14.4 Å². The van der Waals surface area contributed by atoms with Crippen LogP contribution in [0.3, 0.4) is 0 Å². The second kappa shape index (κ2) is 6.60. The third kappa shape index (κ3) is 2.35. The molecule has 1 amide bonds. The standard InChI is InChI=1S/C23H23BN2O4/c27-14-24-26-8-3-4-16(26)12-25-19-6-2-1-5-17(19)23(22(25)28)13-30-21-11-20-15(7-9-29-20)10-18(21)23/h1-2,5-6,10-11,14,16,24H,3-4,7-9,12-13H2/t16-,23?/m0/s1. The molecule has 1 unspecified atom stereocenters. The van der Waals surface area contributed by atoms with Gasteiger partial charge in [0.05, 0.1) is 12.8 Å². The summed E-state index contributed by atoms with van der Waals surface area (Å²) in [5.41, 5.74) is 3.30. The smallest absolute Gasteiger partial charge is 0.281 e. The monoisotopic (exact) mass is 402 g/mol.